The fourth-order valence-electron chi connectivity index (χ4n) is 2.42. The Morgan fingerprint density at radius 1 is 0.962 bits per heavy atom. The zero-order valence-corrected chi connectivity index (χ0v) is 14.2. The summed E-state index contributed by atoms with van der Waals surface area (Å²) >= 11 is 0. The molecule has 2 N–H and O–H groups in total. The first-order valence-corrected chi connectivity index (χ1v) is 7.86. The van der Waals surface area contributed by atoms with E-state index in [0.717, 1.165) is 28.9 Å². The molecule has 5 nitrogen and oxygen atoms in total. The van der Waals surface area contributed by atoms with Gasteiger partial charge in [-0.15, -0.1) is 0 Å². The van der Waals surface area contributed by atoms with Crippen molar-refractivity contribution in [3.63, 3.8) is 0 Å². The van der Waals surface area contributed by atoms with E-state index in [4.69, 9.17) is 0 Å². The fourth-order valence-corrected chi connectivity index (χ4v) is 2.42. The van der Waals surface area contributed by atoms with Gasteiger partial charge in [0.15, 0.2) is 11.6 Å². The predicted molar refractivity (Wildman–Crippen MR) is 95.5 cm³/mol. The first-order valence-electron chi connectivity index (χ1n) is 7.86. The van der Waals surface area contributed by atoms with Crippen molar-refractivity contribution in [2.24, 2.45) is 0 Å². The van der Waals surface area contributed by atoms with E-state index in [1.807, 2.05) is 32.0 Å². The molecule has 0 aliphatic rings. The number of nitrogens with zero attached hydrogens (tertiary/aromatic N) is 2. The van der Waals surface area contributed by atoms with Crippen LogP contribution in [-0.4, -0.2) is 15.9 Å². The van der Waals surface area contributed by atoms with Crippen molar-refractivity contribution in [3.05, 3.63) is 77.2 Å². The number of aromatic nitrogens is 2. The number of carbonyl (C=O) groups excluding carboxylic acids is 1. The second kappa shape index (κ2) is 7.26. The van der Waals surface area contributed by atoms with Crippen LogP contribution in [0, 0.1) is 25.5 Å². The van der Waals surface area contributed by atoms with Gasteiger partial charge in [0.2, 0.25) is 0 Å². The topological polar surface area (TPSA) is 66.9 Å². The summed E-state index contributed by atoms with van der Waals surface area (Å²) in [5, 5.41) is 5.62. The normalized spacial score (nSPS) is 10.5. The zero-order chi connectivity index (χ0) is 18.7. The maximum absolute atomic E-state index is 13.2. The van der Waals surface area contributed by atoms with Gasteiger partial charge in [0.1, 0.15) is 11.5 Å². The second-order valence-corrected chi connectivity index (χ2v) is 5.76. The van der Waals surface area contributed by atoms with Crippen LogP contribution >= 0.6 is 0 Å². The van der Waals surface area contributed by atoms with Gasteiger partial charge in [-0.1, -0.05) is 18.2 Å². The highest BCUT2D eigenvalue weighted by atomic mass is 19.2. The van der Waals surface area contributed by atoms with Crippen LogP contribution in [0.2, 0.25) is 0 Å². The molecule has 7 heteroatoms. The third-order valence-corrected chi connectivity index (χ3v) is 3.80. The van der Waals surface area contributed by atoms with Gasteiger partial charge in [-0.2, -0.15) is 0 Å². The van der Waals surface area contributed by atoms with Crippen LogP contribution in [0.5, 0.6) is 0 Å². The minimum atomic E-state index is -1.04. The van der Waals surface area contributed by atoms with E-state index in [2.05, 4.69) is 20.6 Å². The van der Waals surface area contributed by atoms with Crippen LogP contribution in [-0.2, 0) is 0 Å². The molecule has 0 aliphatic carbocycles. The Bertz CT molecular complexity index is 938. The van der Waals surface area contributed by atoms with Gasteiger partial charge in [-0.25, -0.2) is 18.7 Å². The summed E-state index contributed by atoms with van der Waals surface area (Å²) in [5.41, 5.74) is 3.25. The number of amides is 1. The molecule has 0 fully saturated rings. The van der Waals surface area contributed by atoms with Crippen LogP contribution in [0.3, 0.4) is 0 Å². The number of aryl methyl sites for hydroxylation is 2. The molecule has 1 amide bonds. The van der Waals surface area contributed by atoms with Crippen molar-refractivity contribution in [1.82, 2.24) is 9.97 Å². The monoisotopic (exact) mass is 354 g/mol. The first kappa shape index (κ1) is 17.5. The molecule has 0 bridgehead atoms. The highest BCUT2D eigenvalue weighted by Gasteiger charge is 2.11. The minimum absolute atomic E-state index is 0.0572. The van der Waals surface area contributed by atoms with E-state index in [-0.39, 0.29) is 11.4 Å². The van der Waals surface area contributed by atoms with E-state index in [1.54, 1.807) is 0 Å². The Kier molecular flexibility index (Phi) is 4.88. The lowest BCUT2D eigenvalue weighted by Gasteiger charge is -2.12. The van der Waals surface area contributed by atoms with Gasteiger partial charge in [-0.3, -0.25) is 4.79 Å². The van der Waals surface area contributed by atoms with Gasteiger partial charge in [0.25, 0.3) is 5.91 Å². The Labute approximate surface area is 149 Å². The molecule has 0 unspecified atom stereocenters. The van der Waals surface area contributed by atoms with E-state index in [1.165, 1.54) is 18.5 Å². The molecule has 0 radical (unpaired) electrons. The molecule has 3 aromatic rings. The van der Waals surface area contributed by atoms with E-state index < -0.39 is 17.5 Å². The lowest BCUT2D eigenvalue weighted by atomic mass is 10.1. The van der Waals surface area contributed by atoms with Gasteiger partial charge < -0.3 is 10.6 Å². The van der Waals surface area contributed by atoms with Crippen molar-refractivity contribution in [1.29, 1.82) is 0 Å². The van der Waals surface area contributed by atoms with Gasteiger partial charge in [0.05, 0.1) is 12.4 Å². The van der Waals surface area contributed by atoms with Crippen LogP contribution in [0.25, 0.3) is 0 Å². The summed E-state index contributed by atoms with van der Waals surface area (Å²) in [4.78, 5) is 20.4. The molecule has 0 aliphatic heterocycles. The average molecular weight is 354 g/mol. The molecule has 0 atom stereocenters. The standard InChI is InChI=1S/C19H16F2N4O/c1-11-4-3-5-12(2)18(11)25-17-10-22-16(9-23-17)19(26)24-13-6-7-14(20)15(21)8-13/h3-10H,1-2H3,(H,23,25)(H,24,26). The number of anilines is 3. The third-order valence-electron chi connectivity index (χ3n) is 3.80. The van der Waals surface area contributed by atoms with Crippen molar-refractivity contribution in [2.75, 3.05) is 10.6 Å². The van der Waals surface area contributed by atoms with Crippen LogP contribution in [0.1, 0.15) is 21.6 Å². The van der Waals surface area contributed by atoms with E-state index in [0.29, 0.717) is 5.82 Å². The molecule has 26 heavy (non-hydrogen) atoms. The second-order valence-electron chi connectivity index (χ2n) is 5.76. The highest BCUT2D eigenvalue weighted by Crippen LogP contribution is 2.23. The maximum Gasteiger partial charge on any atom is 0.275 e. The molecule has 0 spiro atoms. The number of nitrogens with one attached hydrogen (secondary N) is 2. The summed E-state index contributed by atoms with van der Waals surface area (Å²) in [6.07, 6.45) is 2.75. The molecule has 2 aromatic carbocycles. The van der Waals surface area contributed by atoms with E-state index >= 15 is 0 Å². The third kappa shape index (κ3) is 3.83. The number of hydrogen-bond donors (Lipinski definition) is 2. The average Bonchev–Trinajstić information content (AvgIpc) is 2.62. The lowest BCUT2D eigenvalue weighted by Crippen LogP contribution is -2.14. The Hall–Kier alpha value is -3.35. The molecule has 0 saturated carbocycles. The van der Waals surface area contributed by atoms with Gasteiger partial charge in [-0.05, 0) is 37.1 Å². The smallest absolute Gasteiger partial charge is 0.275 e. The summed E-state index contributed by atoms with van der Waals surface area (Å²) in [7, 11) is 0. The highest BCUT2D eigenvalue weighted by molar-refractivity contribution is 6.02. The van der Waals surface area contributed by atoms with Crippen LogP contribution < -0.4 is 10.6 Å². The summed E-state index contributed by atoms with van der Waals surface area (Å²) in [6.45, 7) is 3.96. The Balaban J connectivity index is 1.72. The molecule has 3 rings (SSSR count). The van der Waals surface area contributed by atoms with Crippen molar-refractivity contribution in [3.8, 4) is 0 Å². The molecular weight excluding hydrogens is 338 g/mol. The SMILES string of the molecule is Cc1cccc(C)c1Nc1cnc(C(=O)Nc2ccc(F)c(F)c2)cn1. The molecule has 1 aromatic heterocycles. The zero-order valence-electron chi connectivity index (χ0n) is 14.2. The van der Waals surface area contributed by atoms with Gasteiger partial charge >= 0.3 is 0 Å². The lowest BCUT2D eigenvalue weighted by molar-refractivity contribution is 0.102. The summed E-state index contributed by atoms with van der Waals surface area (Å²) in [5.74, 6) is -2.10. The Morgan fingerprint density at radius 3 is 2.31 bits per heavy atom. The molecular formula is C19H16F2N4O. The summed E-state index contributed by atoms with van der Waals surface area (Å²) in [6, 6.07) is 9.03. The predicted octanol–water partition coefficient (Wildman–Crippen LogP) is 4.37. The number of benzene rings is 2. The maximum atomic E-state index is 13.2. The molecule has 132 valence electrons. The van der Waals surface area contributed by atoms with E-state index in [9.17, 15) is 13.6 Å². The van der Waals surface area contributed by atoms with Gasteiger partial charge in [0, 0.05) is 17.4 Å². The Morgan fingerprint density at radius 2 is 1.69 bits per heavy atom. The van der Waals surface area contributed by atoms with Crippen LogP contribution in [0.4, 0.5) is 26.0 Å². The van der Waals surface area contributed by atoms with Crippen LogP contribution in [0.15, 0.2) is 48.8 Å². The minimum Gasteiger partial charge on any atom is -0.339 e. The molecule has 1 heterocycles. The number of hydrogen-bond acceptors (Lipinski definition) is 4. The van der Waals surface area contributed by atoms with Crippen molar-refractivity contribution >= 4 is 23.1 Å². The first-order chi connectivity index (χ1) is 12.4. The number of rotatable bonds is 4. The number of halogens is 2. The largest absolute Gasteiger partial charge is 0.339 e. The fraction of sp³-hybridized carbons (Fsp3) is 0.105. The number of para-hydroxylation sites is 1. The van der Waals surface area contributed by atoms with Crippen molar-refractivity contribution < 1.29 is 13.6 Å². The number of carbonyl (C=O) groups is 1. The molecule has 0 saturated heterocycles. The quantitative estimate of drug-likeness (QED) is 0.730. The van der Waals surface area contributed by atoms with Crippen molar-refractivity contribution in [2.45, 2.75) is 13.8 Å². The summed E-state index contributed by atoms with van der Waals surface area (Å²) < 4.78 is 26.1.